The van der Waals surface area contributed by atoms with Gasteiger partial charge in [0.25, 0.3) is 0 Å². The molecule has 0 saturated heterocycles. The number of carbonyl (C=O) groups excluding carboxylic acids is 1. The molecule has 2 rings (SSSR count). The third-order valence-corrected chi connectivity index (χ3v) is 3.12. The highest BCUT2D eigenvalue weighted by molar-refractivity contribution is 5.94. The Morgan fingerprint density at radius 2 is 2.11 bits per heavy atom. The zero-order valence-corrected chi connectivity index (χ0v) is 11.0. The average Bonchev–Trinajstić information content (AvgIpc) is 2.70. The van der Waals surface area contributed by atoms with E-state index in [1.54, 1.807) is 0 Å². The van der Waals surface area contributed by atoms with E-state index in [1.165, 1.54) is 0 Å². The van der Waals surface area contributed by atoms with Crippen molar-refractivity contribution in [3.8, 4) is 0 Å². The molecule has 96 valence electrons. The lowest BCUT2D eigenvalue weighted by Gasteiger charge is -2.12. The van der Waals surface area contributed by atoms with Gasteiger partial charge in [0.2, 0.25) is 5.91 Å². The van der Waals surface area contributed by atoms with Crippen LogP contribution in [0.15, 0.2) is 22.6 Å². The highest BCUT2D eigenvalue weighted by atomic mass is 16.3. The summed E-state index contributed by atoms with van der Waals surface area (Å²) in [5.41, 5.74) is 2.29. The van der Waals surface area contributed by atoms with E-state index in [4.69, 9.17) is 4.42 Å². The lowest BCUT2D eigenvalue weighted by molar-refractivity contribution is -0.120. The second kappa shape index (κ2) is 5.21. The summed E-state index contributed by atoms with van der Waals surface area (Å²) in [6.45, 7) is 5.86. The predicted molar refractivity (Wildman–Crippen MR) is 71.4 cm³/mol. The second-order valence-electron chi connectivity index (χ2n) is 4.42. The Morgan fingerprint density at radius 1 is 1.39 bits per heavy atom. The van der Waals surface area contributed by atoms with Gasteiger partial charge in [0.05, 0.1) is 0 Å². The quantitative estimate of drug-likeness (QED) is 0.898. The lowest BCUT2D eigenvalue weighted by Crippen LogP contribution is -2.21. The van der Waals surface area contributed by atoms with Crippen LogP contribution in [0.4, 0.5) is 5.69 Å². The highest BCUT2D eigenvalue weighted by Gasteiger charge is 2.14. The molecular formula is C14H18N2O2. The molecule has 18 heavy (non-hydrogen) atoms. The maximum absolute atomic E-state index is 12.0. The Bertz CT molecular complexity index is 556. The van der Waals surface area contributed by atoms with Gasteiger partial charge >= 0.3 is 0 Å². The fourth-order valence-electron chi connectivity index (χ4n) is 2.02. The van der Waals surface area contributed by atoms with Crippen LogP contribution in [0.5, 0.6) is 0 Å². The van der Waals surface area contributed by atoms with Crippen LogP contribution in [0.25, 0.3) is 11.1 Å². The van der Waals surface area contributed by atoms with Crippen LogP contribution in [0, 0.1) is 12.8 Å². The summed E-state index contributed by atoms with van der Waals surface area (Å²) >= 11 is 0. The van der Waals surface area contributed by atoms with E-state index >= 15 is 0 Å². The largest absolute Gasteiger partial charge is 0.441 e. The Kier molecular flexibility index (Phi) is 3.65. The highest BCUT2D eigenvalue weighted by Crippen LogP contribution is 2.20. The summed E-state index contributed by atoms with van der Waals surface area (Å²) in [4.78, 5) is 16.2. The van der Waals surface area contributed by atoms with Gasteiger partial charge in [0, 0.05) is 18.5 Å². The van der Waals surface area contributed by atoms with Crippen molar-refractivity contribution < 1.29 is 9.21 Å². The smallest absolute Gasteiger partial charge is 0.227 e. The maximum atomic E-state index is 12.0. The van der Waals surface area contributed by atoms with Gasteiger partial charge in [-0.1, -0.05) is 13.8 Å². The number of aromatic nitrogens is 1. The summed E-state index contributed by atoms with van der Waals surface area (Å²) < 4.78 is 5.39. The number of nitrogens with one attached hydrogen (secondary N) is 1. The number of amides is 1. The van der Waals surface area contributed by atoms with Crippen LogP contribution in [0.3, 0.4) is 0 Å². The average molecular weight is 246 g/mol. The molecule has 0 spiro atoms. The molecule has 4 nitrogen and oxygen atoms in total. The summed E-state index contributed by atoms with van der Waals surface area (Å²) in [5.74, 6) is 0.771. The normalized spacial score (nSPS) is 11.1. The molecule has 0 radical (unpaired) electrons. The van der Waals surface area contributed by atoms with Gasteiger partial charge in [0.15, 0.2) is 11.5 Å². The van der Waals surface area contributed by atoms with E-state index in [0.29, 0.717) is 5.89 Å². The van der Waals surface area contributed by atoms with Crippen LogP contribution in [-0.2, 0) is 4.79 Å². The van der Waals surface area contributed by atoms with Crippen LogP contribution in [0.2, 0.25) is 0 Å². The molecule has 4 heteroatoms. The Morgan fingerprint density at radius 3 is 2.78 bits per heavy atom. The monoisotopic (exact) mass is 246 g/mol. The van der Waals surface area contributed by atoms with Gasteiger partial charge < -0.3 is 9.73 Å². The zero-order chi connectivity index (χ0) is 13.1. The molecule has 0 atom stereocenters. The van der Waals surface area contributed by atoms with Crippen molar-refractivity contribution in [2.24, 2.45) is 5.92 Å². The van der Waals surface area contributed by atoms with Gasteiger partial charge in [-0.05, 0) is 31.0 Å². The first-order chi connectivity index (χ1) is 8.63. The number of fused-ring (bicyclic) bond motifs is 1. The van der Waals surface area contributed by atoms with Crippen molar-refractivity contribution in [2.45, 2.75) is 33.6 Å². The SMILES string of the molecule is CCC(CC)C(=O)Nc1ccc2oc(C)nc2c1. The summed E-state index contributed by atoms with van der Waals surface area (Å²) in [6, 6.07) is 5.51. The lowest BCUT2D eigenvalue weighted by atomic mass is 10.0. The fraction of sp³-hybridized carbons (Fsp3) is 0.429. The van der Waals surface area contributed by atoms with Crippen LogP contribution in [0.1, 0.15) is 32.6 Å². The molecular weight excluding hydrogens is 228 g/mol. The molecule has 0 aliphatic heterocycles. The van der Waals surface area contributed by atoms with Gasteiger partial charge in [-0.15, -0.1) is 0 Å². The van der Waals surface area contributed by atoms with Crippen molar-refractivity contribution in [1.29, 1.82) is 0 Å². The van der Waals surface area contributed by atoms with Crippen molar-refractivity contribution >= 4 is 22.7 Å². The van der Waals surface area contributed by atoms with E-state index in [-0.39, 0.29) is 11.8 Å². The first-order valence-electron chi connectivity index (χ1n) is 6.32. The number of benzene rings is 1. The molecule has 1 aromatic heterocycles. The van der Waals surface area contributed by atoms with E-state index < -0.39 is 0 Å². The Labute approximate surface area is 106 Å². The molecule has 1 heterocycles. The van der Waals surface area contributed by atoms with Crippen molar-refractivity contribution in [3.63, 3.8) is 0 Å². The van der Waals surface area contributed by atoms with E-state index in [0.717, 1.165) is 29.6 Å². The number of aryl methyl sites for hydroxylation is 1. The van der Waals surface area contributed by atoms with Gasteiger partial charge in [-0.25, -0.2) is 4.98 Å². The third-order valence-electron chi connectivity index (χ3n) is 3.12. The standard InChI is InChI=1S/C14H18N2O2/c1-4-10(5-2)14(17)16-11-6-7-13-12(8-11)15-9(3)18-13/h6-8,10H,4-5H2,1-3H3,(H,16,17). The number of anilines is 1. The number of hydrogen-bond acceptors (Lipinski definition) is 3. The first-order valence-corrected chi connectivity index (χ1v) is 6.32. The van der Waals surface area contributed by atoms with E-state index in [9.17, 15) is 4.79 Å². The van der Waals surface area contributed by atoms with Crippen LogP contribution in [-0.4, -0.2) is 10.9 Å². The van der Waals surface area contributed by atoms with Gasteiger partial charge in [0.1, 0.15) is 5.52 Å². The Balaban J connectivity index is 2.18. The number of rotatable bonds is 4. The molecule has 0 unspecified atom stereocenters. The molecule has 0 fully saturated rings. The van der Waals surface area contributed by atoms with Crippen molar-refractivity contribution in [2.75, 3.05) is 5.32 Å². The van der Waals surface area contributed by atoms with E-state index in [1.807, 2.05) is 39.0 Å². The maximum Gasteiger partial charge on any atom is 0.227 e. The number of hydrogen-bond donors (Lipinski definition) is 1. The van der Waals surface area contributed by atoms with Gasteiger partial charge in [-0.2, -0.15) is 0 Å². The minimum Gasteiger partial charge on any atom is -0.441 e. The van der Waals surface area contributed by atoms with Crippen LogP contribution < -0.4 is 5.32 Å². The molecule has 1 amide bonds. The molecule has 0 aliphatic carbocycles. The summed E-state index contributed by atoms with van der Waals surface area (Å²) in [7, 11) is 0. The first kappa shape index (κ1) is 12.6. The second-order valence-corrected chi connectivity index (χ2v) is 4.42. The topological polar surface area (TPSA) is 55.1 Å². The van der Waals surface area contributed by atoms with Crippen molar-refractivity contribution in [3.05, 3.63) is 24.1 Å². The predicted octanol–water partition coefficient (Wildman–Crippen LogP) is 3.51. The molecule has 1 aromatic carbocycles. The third kappa shape index (κ3) is 2.53. The van der Waals surface area contributed by atoms with Gasteiger partial charge in [-0.3, -0.25) is 4.79 Å². The van der Waals surface area contributed by atoms with Crippen molar-refractivity contribution in [1.82, 2.24) is 4.98 Å². The number of nitrogens with zero attached hydrogens (tertiary/aromatic N) is 1. The summed E-state index contributed by atoms with van der Waals surface area (Å²) in [5, 5.41) is 2.92. The Hall–Kier alpha value is -1.84. The molecule has 2 aromatic rings. The van der Waals surface area contributed by atoms with Crippen LogP contribution >= 0.6 is 0 Å². The molecule has 1 N–H and O–H groups in total. The summed E-state index contributed by atoms with van der Waals surface area (Å²) in [6.07, 6.45) is 1.71. The zero-order valence-electron chi connectivity index (χ0n) is 11.0. The minimum absolute atomic E-state index is 0.0690. The molecule has 0 bridgehead atoms. The number of oxazole rings is 1. The fourth-order valence-corrected chi connectivity index (χ4v) is 2.02. The van der Waals surface area contributed by atoms with E-state index in [2.05, 4.69) is 10.3 Å². The minimum atomic E-state index is 0.0690. The molecule has 0 aliphatic rings. The molecule has 0 saturated carbocycles. The number of carbonyl (C=O) groups is 1.